The van der Waals surface area contributed by atoms with Crippen LogP contribution in [0, 0.1) is 5.77 Å². The molecule has 0 saturated carbocycles. The van der Waals surface area contributed by atoms with Crippen molar-refractivity contribution in [3.8, 4) is 0 Å². The zero-order chi connectivity index (χ0) is 22.6. The van der Waals surface area contributed by atoms with Crippen LogP contribution < -0.4 is 9.80 Å². The van der Waals surface area contributed by atoms with E-state index in [4.69, 9.17) is 9.47 Å². The molecule has 0 spiro atoms. The molecule has 0 aliphatic heterocycles. The number of carbonyl (C=O) groups excluding carboxylic acids is 2. The fourth-order valence-electron chi connectivity index (χ4n) is 2.24. The minimum atomic E-state index is -0.656. The Hall–Kier alpha value is -0.820. The zero-order valence-corrected chi connectivity index (χ0v) is 22.8. The molecule has 162 valence electrons. The van der Waals surface area contributed by atoms with Gasteiger partial charge in [-0.1, -0.05) is 12.2 Å². The Kier molecular flexibility index (Phi) is 9.47. The molecule has 0 saturated heterocycles. The first kappa shape index (κ1) is 26.2. The van der Waals surface area contributed by atoms with Crippen molar-refractivity contribution in [3.05, 3.63) is 31.1 Å². The second-order valence-corrected chi connectivity index (χ2v) is 12.7. The maximum absolute atomic E-state index is 12.9. The summed E-state index contributed by atoms with van der Waals surface area (Å²) in [5.74, 6) is 0. The van der Waals surface area contributed by atoms with Crippen LogP contribution >= 0.6 is 56.5 Å². The topological polar surface area (TPSA) is 59.1 Å². The van der Waals surface area contributed by atoms with E-state index in [-0.39, 0.29) is 13.1 Å². The third-order valence-electron chi connectivity index (χ3n) is 3.17. The fraction of sp³-hybridized carbons (Fsp3) is 0.500. The summed E-state index contributed by atoms with van der Waals surface area (Å²) in [6.07, 6.45) is 2.24. The predicted octanol–water partition coefficient (Wildman–Crippen LogP) is 6.81. The van der Waals surface area contributed by atoms with Gasteiger partial charge in [0.1, 0.15) is 11.2 Å². The van der Waals surface area contributed by atoms with E-state index in [1.54, 1.807) is 12.2 Å². The summed E-state index contributed by atoms with van der Waals surface area (Å²) in [5, 5.41) is 0. The van der Waals surface area contributed by atoms with E-state index < -0.39 is 23.4 Å². The summed E-state index contributed by atoms with van der Waals surface area (Å²) < 4.78 is 12.9. The smallest absolute Gasteiger partial charge is 0.415 e. The van der Waals surface area contributed by atoms with Gasteiger partial charge in [-0.25, -0.2) is 9.59 Å². The van der Waals surface area contributed by atoms with E-state index >= 15 is 0 Å². The maximum atomic E-state index is 12.9. The SMILES string of the molecule is C=CCN(C(=O)OC(C)(C)C)c1c(I)sc(I)c1N(CC=C)C(=O)OC(C)(C)C. The standard InChI is InChI=1S/C20H28I2N2O4S/c1-9-11-23(17(25)27-19(3,4)5)13-14(16(22)29-15(13)21)24(12-10-2)18(26)28-20(6,7)8/h9-10H,1-2,11-12H2,3-8H3. The minimum absolute atomic E-state index is 0.237. The highest BCUT2D eigenvalue weighted by Gasteiger charge is 2.34. The average Bonchev–Trinajstić information content (AvgIpc) is 2.80. The molecule has 0 aliphatic carbocycles. The van der Waals surface area contributed by atoms with Crippen LogP contribution in [0.4, 0.5) is 21.0 Å². The highest BCUT2D eigenvalue weighted by atomic mass is 127. The lowest BCUT2D eigenvalue weighted by atomic mass is 10.2. The molecule has 2 amide bonds. The third-order valence-corrected chi connectivity index (χ3v) is 6.25. The molecule has 1 heterocycles. The Labute approximate surface area is 204 Å². The Morgan fingerprint density at radius 1 is 0.862 bits per heavy atom. The molecule has 0 atom stereocenters. The minimum Gasteiger partial charge on any atom is -0.443 e. The molecule has 6 nitrogen and oxygen atoms in total. The number of rotatable bonds is 6. The van der Waals surface area contributed by atoms with Crippen molar-refractivity contribution in [1.82, 2.24) is 0 Å². The van der Waals surface area contributed by atoms with Crippen molar-refractivity contribution in [1.29, 1.82) is 0 Å². The maximum Gasteiger partial charge on any atom is 0.415 e. The molecule has 1 aromatic rings. The second-order valence-electron chi connectivity index (χ2n) is 8.11. The molecule has 9 heteroatoms. The van der Waals surface area contributed by atoms with Gasteiger partial charge in [-0.15, -0.1) is 24.5 Å². The number of thiophene rings is 1. The van der Waals surface area contributed by atoms with Crippen LogP contribution in [0.15, 0.2) is 25.3 Å². The van der Waals surface area contributed by atoms with Gasteiger partial charge in [0.25, 0.3) is 0 Å². The zero-order valence-electron chi connectivity index (χ0n) is 17.7. The molecule has 0 N–H and O–H groups in total. The van der Waals surface area contributed by atoms with E-state index in [0.29, 0.717) is 11.4 Å². The third kappa shape index (κ3) is 7.74. The summed E-state index contributed by atoms with van der Waals surface area (Å²) in [5.41, 5.74) is -0.113. The molecule has 1 rings (SSSR count). The molecule has 0 unspecified atom stereocenters. The van der Waals surface area contributed by atoms with Crippen molar-refractivity contribution < 1.29 is 19.1 Å². The summed E-state index contributed by atoms with van der Waals surface area (Å²) in [7, 11) is 0. The summed E-state index contributed by atoms with van der Waals surface area (Å²) in [6, 6.07) is 0. The number of hydrogen-bond donors (Lipinski definition) is 0. The molecule has 0 fully saturated rings. The number of carbonyl (C=O) groups is 2. The van der Waals surface area contributed by atoms with Gasteiger partial charge in [0.15, 0.2) is 0 Å². The van der Waals surface area contributed by atoms with Crippen LogP contribution in [0.1, 0.15) is 41.5 Å². The highest BCUT2D eigenvalue weighted by molar-refractivity contribution is 14.1. The van der Waals surface area contributed by atoms with E-state index in [1.165, 1.54) is 21.1 Å². The highest BCUT2D eigenvalue weighted by Crippen LogP contribution is 2.45. The quantitative estimate of drug-likeness (QED) is 0.252. The molecule has 0 aromatic carbocycles. The lowest BCUT2D eigenvalue weighted by Crippen LogP contribution is -2.40. The first-order valence-electron chi connectivity index (χ1n) is 8.92. The van der Waals surface area contributed by atoms with Crippen LogP contribution in [0.2, 0.25) is 0 Å². The Morgan fingerprint density at radius 2 is 1.17 bits per heavy atom. The Bertz CT molecular complexity index is 716. The number of amides is 2. The summed E-state index contributed by atoms with van der Waals surface area (Å²) in [6.45, 7) is 18.9. The largest absolute Gasteiger partial charge is 0.443 e. The van der Waals surface area contributed by atoms with E-state index in [2.05, 4.69) is 58.3 Å². The molecular formula is C20H28I2N2O4S. The van der Waals surface area contributed by atoms with Gasteiger partial charge in [0.2, 0.25) is 0 Å². The first-order valence-corrected chi connectivity index (χ1v) is 11.9. The fourth-order valence-corrected chi connectivity index (χ4v) is 6.68. The molecule has 0 aliphatic rings. The van der Waals surface area contributed by atoms with Crippen molar-refractivity contribution in [2.24, 2.45) is 0 Å². The number of ether oxygens (including phenoxy) is 2. The molecule has 29 heavy (non-hydrogen) atoms. The molecular weight excluding hydrogens is 618 g/mol. The number of anilines is 2. The van der Waals surface area contributed by atoms with Crippen molar-refractivity contribution in [2.45, 2.75) is 52.7 Å². The predicted molar refractivity (Wildman–Crippen MR) is 137 cm³/mol. The monoisotopic (exact) mass is 646 g/mol. The van der Waals surface area contributed by atoms with E-state index in [0.717, 1.165) is 5.77 Å². The number of nitrogens with zero attached hydrogens (tertiary/aromatic N) is 2. The van der Waals surface area contributed by atoms with Crippen LogP contribution in [0.25, 0.3) is 0 Å². The van der Waals surface area contributed by atoms with Crippen molar-refractivity contribution in [2.75, 3.05) is 22.9 Å². The van der Waals surface area contributed by atoms with Crippen LogP contribution in [0.3, 0.4) is 0 Å². The Morgan fingerprint density at radius 3 is 1.41 bits per heavy atom. The summed E-state index contributed by atoms with van der Waals surface area (Å²) >= 11 is 5.82. The lowest BCUT2D eigenvalue weighted by Gasteiger charge is -2.31. The van der Waals surface area contributed by atoms with Gasteiger partial charge in [-0.2, -0.15) is 0 Å². The first-order chi connectivity index (χ1) is 13.2. The van der Waals surface area contributed by atoms with Gasteiger partial charge in [-0.3, -0.25) is 9.80 Å². The molecule has 1 aromatic heterocycles. The average molecular weight is 646 g/mol. The molecule has 0 bridgehead atoms. The van der Waals surface area contributed by atoms with E-state index in [1.807, 2.05) is 41.5 Å². The Balaban J connectivity index is 3.55. The summed E-state index contributed by atoms with van der Waals surface area (Å²) in [4.78, 5) is 28.9. The number of hydrogen-bond acceptors (Lipinski definition) is 5. The van der Waals surface area contributed by atoms with Gasteiger partial charge in [-0.05, 0) is 86.7 Å². The van der Waals surface area contributed by atoms with Crippen molar-refractivity contribution >= 4 is 80.1 Å². The normalized spacial score (nSPS) is 11.6. The van der Waals surface area contributed by atoms with Gasteiger partial charge in [0.05, 0.1) is 17.1 Å². The van der Waals surface area contributed by atoms with Gasteiger partial charge >= 0.3 is 12.2 Å². The number of halogens is 2. The van der Waals surface area contributed by atoms with Gasteiger partial charge < -0.3 is 9.47 Å². The van der Waals surface area contributed by atoms with Crippen LogP contribution in [-0.4, -0.2) is 36.5 Å². The van der Waals surface area contributed by atoms with E-state index in [9.17, 15) is 9.59 Å². The lowest BCUT2D eigenvalue weighted by molar-refractivity contribution is 0.0567. The molecule has 0 radical (unpaired) electrons. The van der Waals surface area contributed by atoms with Crippen LogP contribution in [0.5, 0.6) is 0 Å². The van der Waals surface area contributed by atoms with Crippen LogP contribution in [-0.2, 0) is 9.47 Å². The second kappa shape index (κ2) is 10.5. The van der Waals surface area contributed by atoms with Crippen molar-refractivity contribution in [3.63, 3.8) is 0 Å². The van der Waals surface area contributed by atoms with Gasteiger partial charge in [0, 0.05) is 13.1 Å².